The van der Waals surface area contributed by atoms with Crippen LogP contribution in [0.25, 0.3) is 0 Å². The summed E-state index contributed by atoms with van der Waals surface area (Å²) in [6, 6.07) is -0.235. The Kier molecular flexibility index (Phi) is 5.42. The van der Waals surface area contributed by atoms with E-state index in [0.29, 0.717) is 25.9 Å². The van der Waals surface area contributed by atoms with Gasteiger partial charge in [0.1, 0.15) is 0 Å². The minimum Gasteiger partial charge on any atom is -0.481 e. The normalized spacial score (nSPS) is 22.2. The minimum atomic E-state index is -0.777. The molecule has 0 heterocycles. The van der Waals surface area contributed by atoms with E-state index in [4.69, 9.17) is 5.11 Å². The standard InChI is InChI=1S/C13H20N2O3/c1-3-7-15(8-4-2)13(18)14-11-6-5-10(9-11)12(16)17/h3-4,10-11H,1-2,5-9H2,(H,14,18)(H,16,17). The van der Waals surface area contributed by atoms with Crippen LogP contribution in [0.1, 0.15) is 19.3 Å². The maximum Gasteiger partial charge on any atom is 0.318 e. The van der Waals surface area contributed by atoms with Crippen LogP contribution in [-0.4, -0.2) is 41.1 Å². The van der Waals surface area contributed by atoms with Crippen LogP contribution in [0, 0.1) is 5.92 Å². The van der Waals surface area contributed by atoms with Crippen LogP contribution in [-0.2, 0) is 4.79 Å². The SMILES string of the molecule is C=CCN(CC=C)C(=O)NC1CCC(C(=O)O)C1. The van der Waals surface area contributed by atoms with Gasteiger partial charge in [-0.1, -0.05) is 12.2 Å². The van der Waals surface area contributed by atoms with Gasteiger partial charge in [0.25, 0.3) is 0 Å². The lowest BCUT2D eigenvalue weighted by Gasteiger charge is -2.22. The van der Waals surface area contributed by atoms with Crippen molar-refractivity contribution in [3.63, 3.8) is 0 Å². The topological polar surface area (TPSA) is 69.6 Å². The summed E-state index contributed by atoms with van der Waals surface area (Å²) in [5, 5.41) is 11.8. The number of carboxylic acid groups (broad SMARTS) is 1. The van der Waals surface area contributed by atoms with Crippen molar-refractivity contribution in [1.29, 1.82) is 0 Å². The Labute approximate surface area is 107 Å². The largest absolute Gasteiger partial charge is 0.481 e. The molecular weight excluding hydrogens is 232 g/mol. The molecule has 0 radical (unpaired) electrons. The summed E-state index contributed by atoms with van der Waals surface area (Å²) in [4.78, 5) is 24.3. The van der Waals surface area contributed by atoms with Gasteiger partial charge in [-0.2, -0.15) is 0 Å². The van der Waals surface area contributed by atoms with Gasteiger partial charge in [0.2, 0.25) is 0 Å². The molecule has 18 heavy (non-hydrogen) atoms. The zero-order chi connectivity index (χ0) is 13.5. The molecule has 0 bridgehead atoms. The molecule has 100 valence electrons. The molecule has 5 heteroatoms. The molecule has 0 aromatic rings. The molecule has 2 unspecified atom stereocenters. The predicted molar refractivity (Wildman–Crippen MR) is 69.3 cm³/mol. The summed E-state index contributed by atoms with van der Waals surface area (Å²) in [5.74, 6) is -1.11. The van der Waals surface area contributed by atoms with Gasteiger partial charge < -0.3 is 15.3 Å². The van der Waals surface area contributed by atoms with Gasteiger partial charge in [-0.05, 0) is 19.3 Å². The third kappa shape index (κ3) is 3.91. The molecule has 5 nitrogen and oxygen atoms in total. The average Bonchev–Trinajstić information content (AvgIpc) is 2.77. The van der Waals surface area contributed by atoms with Gasteiger partial charge in [-0.3, -0.25) is 4.79 Å². The summed E-state index contributed by atoms with van der Waals surface area (Å²) < 4.78 is 0. The summed E-state index contributed by atoms with van der Waals surface area (Å²) >= 11 is 0. The van der Waals surface area contributed by atoms with E-state index in [1.54, 1.807) is 17.1 Å². The molecule has 0 aromatic heterocycles. The highest BCUT2D eigenvalue weighted by molar-refractivity contribution is 5.75. The Balaban J connectivity index is 2.46. The Hall–Kier alpha value is -1.78. The number of carboxylic acids is 1. The lowest BCUT2D eigenvalue weighted by atomic mass is 10.1. The van der Waals surface area contributed by atoms with Gasteiger partial charge in [0.05, 0.1) is 5.92 Å². The van der Waals surface area contributed by atoms with E-state index in [1.165, 1.54) is 0 Å². The second-order valence-electron chi connectivity index (χ2n) is 4.48. The number of nitrogens with one attached hydrogen (secondary N) is 1. The molecule has 1 aliphatic rings. The first kappa shape index (κ1) is 14.3. The number of carbonyl (C=O) groups is 2. The maximum atomic E-state index is 11.9. The van der Waals surface area contributed by atoms with E-state index in [9.17, 15) is 9.59 Å². The molecule has 2 atom stereocenters. The van der Waals surface area contributed by atoms with E-state index in [2.05, 4.69) is 18.5 Å². The lowest BCUT2D eigenvalue weighted by Crippen LogP contribution is -2.44. The van der Waals surface area contributed by atoms with Crippen molar-refractivity contribution in [1.82, 2.24) is 10.2 Å². The maximum absolute atomic E-state index is 11.9. The molecule has 0 aliphatic heterocycles. The Morgan fingerprint density at radius 1 is 1.28 bits per heavy atom. The van der Waals surface area contributed by atoms with Gasteiger partial charge in [0, 0.05) is 19.1 Å². The molecule has 1 rings (SSSR count). The van der Waals surface area contributed by atoms with Crippen LogP contribution in [0.3, 0.4) is 0 Å². The van der Waals surface area contributed by atoms with Crippen LogP contribution in [0.5, 0.6) is 0 Å². The highest BCUT2D eigenvalue weighted by Gasteiger charge is 2.31. The molecular formula is C13H20N2O3. The van der Waals surface area contributed by atoms with Crippen molar-refractivity contribution < 1.29 is 14.7 Å². The molecule has 0 aromatic carbocycles. The summed E-state index contributed by atoms with van der Waals surface area (Å²) in [6.45, 7) is 8.10. The third-order valence-electron chi connectivity index (χ3n) is 3.10. The monoisotopic (exact) mass is 252 g/mol. The lowest BCUT2D eigenvalue weighted by molar-refractivity contribution is -0.141. The number of hydrogen-bond acceptors (Lipinski definition) is 2. The van der Waals surface area contributed by atoms with Crippen molar-refractivity contribution in [3.05, 3.63) is 25.3 Å². The fourth-order valence-corrected chi connectivity index (χ4v) is 2.15. The van der Waals surface area contributed by atoms with Crippen LogP contribution >= 0.6 is 0 Å². The Bertz CT molecular complexity index is 331. The van der Waals surface area contributed by atoms with Crippen molar-refractivity contribution in [3.8, 4) is 0 Å². The molecule has 1 fully saturated rings. The molecule has 2 N–H and O–H groups in total. The minimum absolute atomic E-state index is 0.0456. The predicted octanol–water partition coefficient (Wildman–Crippen LogP) is 1.62. The number of amides is 2. The summed E-state index contributed by atoms with van der Waals surface area (Å²) in [7, 11) is 0. The first-order valence-electron chi connectivity index (χ1n) is 6.08. The summed E-state index contributed by atoms with van der Waals surface area (Å²) in [5.41, 5.74) is 0. The average molecular weight is 252 g/mol. The van der Waals surface area contributed by atoms with Crippen molar-refractivity contribution in [2.45, 2.75) is 25.3 Å². The van der Waals surface area contributed by atoms with Gasteiger partial charge in [-0.25, -0.2) is 4.79 Å². The number of rotatable bonds is 6. The van der Waals surface area contributed by atoms with Crippen molar-refractivity contribution >= 4 is 12.0 Å². The molecule has 2 amide bonds. The molecule has 1 saturated carbocycles. The van der Waals surface area contributed by atoms with Gasteiger partial charge in [-0.15, -0.1) is 13.2 Å². The highest BCUT2D eigenvalue weighted by Crippen LogP contribution is 2.25. The fourth-order valence-electron chi connectivity index (χ4n) is 2.15. The smallest absolute Gasteiger partial charge is 0.318 e. The second-order valence-corrected chi connectivity index (χ2v) is 4.48. The van der Waals surface area contributed by atoms with Crippen molar-refractivity contribution in [2.24, 2.45) is 5.92 Å². The highest BCUT2D eigenvalue weighted by atomic mass is 16.4. The van der Waals surface area contributed by atoms with E-state index < -0.39 is 5.97 Å². The van der Waals surface area contributed by atoms with Crippen molar-refractivity contribution in [2.75, 3.05) is 13.1 Å². The third-order valence-corrected chi connectivity index (χ3v) is 3.10. The number of urea groups is 1. The van der Waals surface area contributed by atoms with Crippen LogP contribution < -0.4 is 5.32 Å². The first-order chi connectivity index (χ1) is 8.58. The molecule has 1 aliphatic carbocycles. The quantitative estimate of drug-likeness (QED) is 0.706. The number of carbonyl (C=O) groups excluding carboxylic acids is 1. The van der Waals surface area contributed by atoms with Gasteiger partial charge >= 0.3 is 12.0 Å². The zero-order valence-corrected chi connectivity index (χ0v) is 10.5. The zero-order valence-electron chi connectivity index (χ0n) is 10.5. The van der Waals surface area contributed by atoms with Crippen LogP contribution in [0.2, 0.25) is 0 Å². The Morgan fingerprint density at radius 2 is 1.89 bits per heavy atom. The second kappa shape index (κ2) is 6.83. The van der Waals surface area contributed by atoms with Gasteiger partial charge in [0.15, 0.2) is 0 Å². The van der Waals surface area contributed by atoms with Crippen LogP contribution in [0.4, 0.5) is 4.79 Å². The number of nitrogens with zero attached hydrogens (tertiary/aromatic N) is 1. The fraction of sp³-hybridized carbons (Fsp3) is 0.538. The number of aliphatic carboxylic acids is 1. The van der Waals surface area contributed by atoms with E-state index in [1.807, 2.05) is 0 Å². The molecule has 0 spiro atoms. The molecule has 0 saturated heterocycles. The summed E-state index contributed by atoms with van der Waals surface area (Å²) in [6.07, 6.45) is 5.16. The van der Waals surface area contributed by atoms with E-state index in [-0.39, 0.29) is 18.0 Å². The van der Waals surface area contributed by atoms with E-state index in [0.717, 1.165) is 6.42 Å². The van der Waals surface area contributed by atoms with E-state index >= 15 is 0 Å². The first-order valence-corrected chi connectivity index (χ1v) is 6.08. The van der Waals surface area contributed by atoms with Crippen LogP contribution in [0.15, 0.2) is 25.3 Å². The number of hydrogen-bond donors (Lipinski definition) is 2. The Morgan fingerprint density at radius 3 is 2.33 bits per heavy atom.